The highest BCUT2D eigenvalue weighted by Crippen LogP contribution is 2.33. The van der Waals surface area contributed by atoms with E-state index < -0.39 is 0 Å². The predicted octanol–water partition coefficient (Wildman–Crippen LogP) is 28.9. The molecule has 8 rings (SSSR count). The van der Waals surface area contributed by atoms with Crippen molar-refractivity contribution in [2.75, 3.05) is 20.3 Å². The van der Waals surface area contributed by atoms with E-state index in [4.69, 9.17) is 9.84 Å². The Bertz CT molecular complexity index is 2780. The maximum atomic E-state index is 12.7. The van der Waals surface area contributed by atoms with Crippen LogP contribution in [0.25, 0.3) is 0 Å². The molecule has 8 aromatic rings. The highest BCUT2D eigenvalue weighted by atomic mass is 19.1. The minimum absolute atomic E-state index is 0.151. The molecule has 0 saturated heterocycles. The molecule has 2 unspecified atom stereocenters. The van der Waals surface area contributed by atoms with E-state index in [0.717, 1.165) is 61.4 Å². The third kappa shape index (κ3) is 35.9. The number of aliphatic hydroxyl groups is 1. The van der Waals surface area contributed by atoms with Gasteiger partial charge in [-0.1, -0.05) is 340 Å². The maximum Gasteiger partial charge on any atom is 0.123 e. The van der Waals surface area contributed by atoms with Crippen molar-refractivity contribution < 1.29 is 23.0 Å². The lowest BCUT2D eigenvalue weighted by Gasteiger charge is -2.20. The van der Waals surface area contributed by atoms with Gasteiger partial charge >= 0.3 is 0 Å². The van der Waals surface area contributed by atoms with Gasteiger partial charge in [0.15, 0.2) is 0 Å². The molecule has 8 aromatic carbocycles. The fourth-order valence-electron chi connectivity index (χ4n) is 13.7. The first-order chi connectivity index (χ1) is 47.7. The van der Waals surface area contributed by atoms with Gasteiger partial charge in [-0.2, -0.15) is 0 Å². The van der Waals surface area contributed by atoms with Gasteiger partial charge in [-0.15, -0.1) is 0 Å². The third-order valence-corrected chi connectivity index (χ3v) is 19.7. The molecule has 8 atom stereocenters. The quantitative estimate of drug-likeness (QED) is 0.0618. The van der Waals surface area contributed by atoms with E-state index >= 15 is 0 Å². The molecule has 0 aliphatic heterocycles. The second-order valence-electron chi connectivity index (χ2n) is 29.6. The molecule has 0 radical (unpaired) electrons. The average Bonchev–Trinajstić information content (AvgIpc) is 1.13. The zero-order chi connectivity index (χ0) is 75.1. The third-order valence-electron chi connectivity index (χ3n) is 19.7. The molecular weight excluding hydrogens is 1230 g/mol. The van der Waals surface area contributed by atoms with E-state index in [1.807, 2.05) is 60.7 Å². The van der Waals surface area contributed by atoms with E-state index in [1.165, 1.54) is 63.8 Å². The summed E-state index contributed by atoms with van der Waals surface area (Å²) in [5.41, 5.74) is 10.8. The van der Waals surface area contributed by atoms with Crippen molar-refractivity contribution in [1.29, 1.82) is 0 Å². The second kappa shape index (κ2) is 53.3. The Balaban J connectivity index is 0.000000572. The minimum Gasteiger partial charge on any atom is -0.396 e. The first-order valence-electron chi connectivity index (χ1n) is 38.3. The molecular formula is C95H139F3O2. The molecule has 1 N–H and O–H groups in total. The van der Waals surface area contributed by atoms with Gasteiger partial charge in [0.25, 0.3) is 0 Å². The number of aliphatic hydroxyl groups excluding tert-OH is 1. The first kappa shape index (κ1) is 91.5. The van der Waals surface area contributed by atoms with Gasteiger partial charge in [-0.25, -0.2) is 13.2 Å². The van der Waals surface area contributed by atoms with Crippen molar-refractivity contribution in [3.63, 3.8) is 0 Å². The van der Waals surface area contributed by atoms with Gasteiger partial charge in [0.2, 0.25) is 0 Å². The summed E-state index contributed by atoms with van der Waals surface area (Å²) in [4.78, 5) is 0. The van der Waals surface area contributed by atoms with Gasteiger partial charge in [-0.3, -0.25) is 0 Å². The first-order valence-corrected chi connectivity index (χ1v) is 38.3. The van der Waals surface area contributed by atoms with Crippen LogP contribution in [0.2, 0.25) is 0 Å². The molecule has 0 aromatic heterocycles. The standard InChI is InChI=1S/3C12H17F.C12H18O.3C12H18.C11H16O/c3*1-4-12(9(2)3)10-5-7-11(13)8-6-10;1-10(2)12(9-13-3)11-7-5-4-6-8-11;3*1-4-12(10(2)3)11-8-6-5-7-9-11;1-9(2)11(8-12)10-6-4-3-5-7-10/h3*5-9,12H,4H2,1-3H3;4-8,10,12H,9H2,1-3H3;3*5-10,12H,4H2,1-3H3;3-7,9,11-12H,8H2,1-2H3/t2*12-;;3*12-;;11-/m10.100.1/s1. The van der Waals surface area contributed by atoms with E-state index in [9.17, 15) is 13.2 Å². The Labute approximate surface area is 611 Å². The average molecular weight is 1370 g/mol. The maximum absolute atomic E-state index is 12.7. The van der Waals surface area contributed by atoms with Crippen LogP contribution in [0, 0.1) is 64.8 Å². The lowest BCUT2D eigenvalue weighted by atomic mass is 9.86. The Morgan fingerprint density at radius 2 is 0.380 bits per heavy atom. The topological polar surface area (TPSA) is 29.5 Å². The molecule has 2 nitrogen and oxygen atoms in total. The van der Waals surface area contributed by atoms with Crippen LogP contribution in [0.1, 0.15) is 283 Å². The summed E-state index contributed by atoms with van der Waals surface area (Å²) >= 11 is 0. The zero-order valence-electron chi connectivity index (χ0n) is 66.7. The van der Waals surface area contributed by atoms with Crippen LogP contribution in [0.3, 0.4) is 0 Å². The smallest absolute Gasteiger partial charge is 0.123 e. The fourth-order valence-corrected chi connectivity index (χ4v) is 13.7. The predicted molar refractivity (Wildman–Crippen MR) is 433 cm³/mol. The number of halogens is 3. The van der Waals surface area contributed by atoms with Crippen LogP contribution in [0.4, 0.5) is 13.2 Å². The largest absolute Gasteiger partial charge is 0.396 e. The van der Waals surface area contributed by atoms with Crippen LogP contribution < -0.4 is 0 Å². The van der Waals surface area contributed by atoms with Gasteiger partial charge in [0.1, 0.15) is 17.5 Å². The highest BCUT2D eigenvalue weighted by Gasteiger charge is 2.19. The Morgan fingerprint density at radius 1 is 0.230 bits per heavy atom. The van der Waals surface area contributed by atoms with Crippen LogP contribution in [-0.2, 0) is 4.74 Å². The van der Waals surface area contributed by atoms with Gasteiger partial charge in [0, 0.05) is 18.9 Å². The summed E-state index contributed by atoms with van der Waals surface area (Å²) in [6.07, 6.45) is 7.06. The zero-order valence-corrected chi connectivity index (χ0v) is 66.7. The number of rotatable bonds is 25. The highest BCUT2D eigenvalue weighted by molar-refractivity contribution is 5.26. The van der Waals surface area contributed by atoms with E-state index in [-0.39, 0.29) is 30.0 Å². The van der Waals surface area contributed by atoms with E-state index in [2.05, 4.69) is 280 Å². The van der Waals surface area contributed by atoms with Crippen LogP contribution in [0.5, 0.6) is 0 Å². The Morgan fingerprint density at radius 3 is 0.520 bits per heavy atom. The lowest BCUT2D eigenvalue weighted by molar-refractivity contribution is 0.162. The summed E-state index contributed by atoms with van der Waals surface area (Å²) < 4.78 is 43.2. The molecule has 0 fully saturated rings. The van der Waals surface area contributed by atoms with Crippen LogP contribution >= 0.6 is 0 Å². The van der Waals surface area contributed by atoms with Crippen molar-refractivity contribution in [1.82, 2.24) is 0 Å². The summed E-state index contributed by atoms with van der Waals surface area (Å²) in [6.45, 7) is 50.1. The number of ether oxygens (including phenoxy) is 1. The minimum atomic E-state index is -0.151. The molecule has 552 valence electrons. The fraction of sp³-hybridized carbons (Fsp3) is 0.495. The van der Waals surface area contributed by atoms with Crippen molar-refractivity contribution in [2.24, 2.45) is 47.3 Å². The molecule has 0 heterocycles. The molecule has 0 aliphatic carbocycles. The van der Waals surface area contributed by atoms with Crippen molar-refractivity contribution in [3.8, 4) is 0 Å². The summed E-state index contributed by atoms with van der Waals surface area (Å²) in [6, 6.07) is 73.7. The van der Waals surface area contributed by atoms with Crippen molar-refractivity contribution >= 4 is 0 Å². The van der Waals surface area contributed by atoms with Gasteiger partial charge in [0.05, 0.1) is 13.2 Å². The van der Waals surface area contributed by atoms with Gasteiger partial charge < -0.3 is 9.84 Å². The number of hydrogen-bond acceptors (Lipinski definition) is 2. The Kier molecular flexibility index (Phi) is 48.8. The van der Waals surface area contributed by atoms with Gasteiger partial charge in [-0.05, 0) is 202 Å². The van der Waals surface area contributed by atoms with Crippen LogP contribution in [0.15, 0.2) is 224 Å². The second-order valence-corrected chi connectivity index (χ2v) is 29.6. The monoisotopic (exact) mass is 1370 g/mol. The Hall–Kier alpha value is -6.53. The molecule has 0 saturated carbocycles. The molecule has 0 spiro atoms. The molecule has 5 heteroatoms. The molecule has 0 aliphatic rings. The number of hydrogen-bond donors (Lipinski definition) is 1. The molecule has 100 heavy (non-hydrogen) atoms. The van der Waals surface area contributed by atoms with Crippen LogP contribution in [-0.4, -0.2) is 25.4 Å². The summed E-state index contributed by atoms with van der Waals surface area (Å²) in [7, 11) is 1.76. The van der Waals surface area contributed by atoms with Crippen molar-refractivity contribution in [3.05, 3.63) is 286 Å². The summed E-state index contributed by atoms with van der Waals surface area (Å²) in [5.74, 6) is 9.43. The summed E-state index contributed by atoms with van der Waals surface area (Å²) in [5, 5.41) is 9.15. The molecule has 0 amide bonds. The molecule has 0 bridgehead atoms. The normalized spacial score (nSPS) is 13.3. The van der Waals surface area contributed by atoms with E-state index in [0.29, 0.717) is 53.3 Å². The van der Waals surface area contributed by atoms with E-state index in [1.54, 1.807) is 43.5 Å². The number of benzene rings is 8. The number of methoxy groups -OCH3 is 1. The van der Waals surface area contributed by atoms with Crippen molar-refractivity contribution in [2.45, 2.75) is 238 Å². The SMILES string of the molecule is CC(C)[C@@H](CO)c1ccccc1.CCC(c1ccc(F)cc1)C(C)C.CCC(c1ccccc1)C(C)C.CC[C@@H](c1ccc(F)cc1)C(C)C.CC[C@H](c1ccc(F)cc1)C(C)C.CC[C@H](c1ccccc1)C(C)C.CC[C@H](c1ccccc1)C(C)C.COC[C@@H](c1ccccc1)C(C)C. The lowest BCUT2D eigenvalue weighted by Crippen LogP contribution is -2.12.